The van der Waals surface area contributed by atoms with Crippen LogP contribution in [-0.2, 0) is 4.74 Å². The molecule has 0 radical (unpaired) electrons. The highest BCUT2D eigenvalue weighted by Crippen LogP contribution is 1.85. The van der Waals surface area contributed by atoms with Crippen molar-refractivity contribution < 1.29 is 4.74 Å². The first-order chi connectivity index (χ1) is 5.41. The number of rotatable bonds is 6. The predicted molar refractivity (Wildman–Crippen MR) is 46.7 cm³/mol. The van der Waals surface area contributed by atoms with Crippen molar-refractivity contribution in [1.82, 2.24) is 0 Å². The predicted octanol–water partition coefficient (Wildman–Crippen LogP) is 0.728. The summed E-state index contributed by atoms with van der Waals surface area (Å²) in [6, 6.07) is 0. The van der Waals surface area contributed by atoms with E-state index < -0.39 is 0 Å². The number of nitrogens with two attached hydrogens (primary N) is 2. The van der Waals surface area contributed by atoms with Gasteiger partial charge in [-0.3, -0.25) is 0 Å². The van der Waals surface area contributed by atoms with Crippen LogP contribution in [-0.4, -0.2) is 13.1 Å². The highest BCUT2D eigenvalue weighted by Gasteiger charge is 1.73. The summed E-state index contributed by atoms with van der Waals surface area (Å²) < 4.78 is 4.97. The van der Waals surface area contributed by atoms with Gasteiger partial charge in [0, 0.05) is 0 Å². The molecular formula is C8H16N2O. The number of hydrogen-bond acceptors (Lipinski definition) is 3. The molecule has 0 atom stereocenters. The fourth-order valence-corrected chi connectivity index (χ4v) is 0.485. The van der Waals surface area contributed by atoms with Gasteiger partial charge in [0.1, 0.15) is 0 Å². The monoisotopic (exact) mass is 156 g/mol. The highest BCUT2D eigenvalue weighted by molar-refractivity contribution is 4.79. The molecular weight excluding hydrogens is 140 g/mol. The lowest BCUT2D eigenvalue weighted by atomic mass is 10.4. The summed E-state index contributed by atoms with van der Waals surface area (Å²) in [6.07, 6.45) is 8.72. The number of hydrogen-bond donors (Lipinski definition) is 2. The molecule has 0 unspecified atom stereocenters. The molecule has 0 bridgehead atoms. The maximum absolute atomic E-state index is 5.25. The van der Waals surface area contributed by atoms with E-state index in [-0.39, 0.29) is 0 Å². The highest BCUT2D eigenvalue weighted by atomic mass is 16.5. The third-order valence-electron chi connectivity index (χ3n) is 1.02. The van der Waals surface area contributed by atoms with Gasteiger partial charge in [-0.1, -0.05) is 0 Å². The van der Waals surface area contributed by atoms with Crippen molar-refractivity contribution in [2.45, 2.75) is 12.8 Å². The van der Waals surface area contributed by atoms with Crippen LogP contribution in [0.1, 0.15) is 12.8 Å². The zero-order valence-electron chi connectivity index (χ0n) is 6.70. The average Bonchev–Trinajstić information content (AvgIpc) is 2.03. The van der Waals surface area contributed by atoms with Gasteiger partial charge in [-0.2, -0.15) is 0 Å². The Kier molecular flexibility index (Phi) is 8.53. The van der Waals surface area contributed by atoms with Gasteiger partial charge < -0.3 is 16.2 Å². The standard InChI is InChI=1S/C8H16N2O/c9-5-1-3-7-11-8-4-2-6-10/h3-4,7-8H,1-2,5-6,9-10H2. The largest absolute Gasteiger partial charge is 0.473 e. The summed E-state index contributed by atoms with van der Waals surface area (Å²) in [5.41, 5.74) is 10.5. The fourth-order valence-electron chi connectivity index (χ4n) is 0.485. The normalized spacial score (nSPS) is 11.5. The minimum absolute atomic E-state index is 0.659. The molecule has 4 N–H and O–H groups in total. The molecule has 0 amide bonds. The van der Waals surface area contributed by atoms with E-state index in [9.17, 15) is 0 Å². The summed E-state index contributed by atoms with van der Waals surface area (Å²) in [5, 5.41) is 0. The zero-order chi connectivity index (χ0) is 8.36. The van der Waals surface area contributed by atoms with Gasteiger partial charge in [0.2, 0.25) is 0 Å². The van der Waals surface area contributed by atoms with Crippen molar-refractivity contribution in [1.29, 1.82) is 0 Å². The van der Waals surface area contributed by atoms with Crippen LogP contribution in [0.15, 0.2) is 24.7 Å². The van der Waals surface area contributed by atoms with Crippen molar-refractivity contribution in [3.8, 4) is 0 Å². The molecule has 0 aromatic carbocycles. The van der Waals surface area contributed by atoms with Crippen LogP contribution in [0.4, 0.5) is 0 Å². The lowest BCUT2D eigenvalue weighted by Gasteiger charge is -1.89. The SMILES string of the molecule is NCCC=COC=CCCN. The Bertz CT molecular complexity index is 107. The van der Waals surface area contributed by atoms with E-state index in [0.29, 0.717) is 13.1 Å². The van der Waals surface area contributed by atoms with Gasteiger partial charge in [0.15, 0.2) is 0 Å². The van der Waals surface area contributed by atoms with Crippen molar-refractivity contribution in [2.75, 3.05) is 13.1 Å². The summed E-state index contributed by atoms with van der Waals surface area (Å²) in [5.74, 6) is 0. The van der Waals surface area contributed by atoms with Gasteiger partial charge in [0.25, 0.3) is 0 Å². The first-order valence-corrected chi connectivity index (χ1v) is 3.77. The second kappa shape index (κ2) is 9.20. The molecule has 0 spiro atoms. The van der Waals surface area contributed by atoms with E-state index in [1.165, 1.54) is 0 Å². The van der Waals surface area contributed by atoms with Crippen LogP contribution in [0.25, 0.3) is 0 Å². The molecule has 0 fully saturated rings. The first-order valence-electron chi connectivity index (χ1n) is 3.77. The Morgan fingerprint density at radius 2 is 1.36 bits per heavy atom. The van der Waals surface area contributed by atoms with Crippen LogP contribution in [0.3, 0.4) is 0 Å². The summed E-state index contributed by atoms with van der Waals surface area (Å²) >= 11 is 0. The summed E-state index contributed by atoms with van der Waals surface area (Å²) in [7, 11) is 0. The molecule has 0 aliphatic heterocycles. The van der Waals surface area contributed by atoms with E-state index in [2.05, 4.69) is 0 Å². The third kappa shape index (κ3) is 9.20. The van der Waals surface area contributed by atoms with Crippen molar-refractivity contribution in [2.24, 2.45) is 11.5 Å². The second-order valence-corrected chi connectivity index (χ2v) is 2.03. The molecule has 0 rings (SSSR count). The minimum Gasteiger partial charge on any atom is -0.473 e. The molecule has 64 valence electrons. The van der Waals surface area contributed by atoms with E-state index in [0.717, 1.165) is 12.8 Å². The molecule has 0 aromatic heterocycles. The summed E-state index contributed by atoms with van der Waals surface area (Å²) in [6.45, 7) is 1.32. The lowest BCUT2D eigenvalue weighted by Crippen LogP contribution is -1.95. The third-order valence-corrected chi connectivity index (χ3v) is 1.02. The minimum atomic E-state index is 0.659. The van der Waals surface area contributed by atoms with Crippen LogP contribution in [0, 0.1) is 0 Å². The molecule has 0 aliphatic rings. The molecule has 11 heavy (non-hydrogen) atoms. The Hall–Kier alpha value is -0.800. The quantitative estimate of drug-likeness (QED) is 0.557. The zero-order valence-corrected chi connectivity index (χ0v) is 6.70. The maximum Gasteiger partial charge on any atom is 0.0861 e. The average molecular weight is 156 g/mol. The van der Waals surface area contributed by atoms with Crippen LogP contribution in [0.5, 0.6) is 0 Å². The Morgan fingerprint density at radius 1 is 0.909 bits per heavy atom. The molecule has 3 nitrogen and oxygen atoms in total. The molecule has 0 saturated carbocycles. The smallest absolute Gasteiger partial charge is 0.0861 e. The first kappa shape index (κ1) is 10.2. The van der Waals surface area contributed by atoms with Gasteiger partial charge in [-0.05, 0) is 38.1 Å². The molecule has 0 aromatic rings. The van der Waals surface area contributed by atoms with Gasteiger partial charge in [0.05, 0.1) is 12.5 Å². The Balaban J connectivity index is 3.11. The lowest BCUT2D eigenvalue weighted by molar-refractivity contribution is 0.399. The number of ether oxygens (including phenoxy) is 1. The fraction of sp³-hybridized carbons (Fsp3) is 0.500. The maximum atomic E-state index is 5.25. The van der Waals surface area contributed by atoms with Crippen LogP contribution < -0.4 is 11.5 Å². The Morgan fingerprint density at radius 3 is 1.73 bits per heavy atom. The van der Waals surface area contributed by atoms with Crippen LogP contribution in [0.2, 0.25) is 0 Å². The molecule has 0 aliphatic carbocycles. The second-order valence-electron chi connectivity index (χ2n) is 2.03. The van der Waals surface area contributed by atoms with E-state index >= 15 is 0 Å². The van der Waals surface area contributed by atoms with Crippen molar-refractivity contribution >= 4 is 0 Å². The van der Waals surface area contributed by atoms with E-state index in [4.69, 9.17) is 16.2 Å². The molecule has 0 saturated heterocycles. The van der Waals surface area contributed by atoms with Crippen LogP contribution >= 0.6 is 0 Å². The van der Waals surface area contributed by atoms with Gasteiger partial charge in [-0.15, -0.1) is 0 Å². The van der Waals surface area contributed by atoms with Crippen molar-refractivity contribution in [3.05, 3.63) is 24.7 Å². The van der Waals surface area contributed by atoms with Crippen molar-refractivity contribution in [3.63, 3.8) is 0 Å². The van der Waals surface area contributed by atoms with E-state index in [1.54, 1.807) is 12.5 Å². The molecule has 0 heterocycles. The van der Waals surface area contributed by atoms with Gasteiger partial charge in [-0.25, -0.2) is 0 Å². The Labute approximate surface area is 67.7 Å². The van der Waals surface area contributed by atoms with E-state index in [1.807, 2.05) is 12.2 Å². The van der Waals surface area contributed by atoms with Gasteiger partial charge >= 0.3 is 0 Å². The topological polar surface area (TPSA) is 61.3 Å². The molecule has 3 heteroatoms. The summed E-state index contributed by atoms with van der Waals surface area (Å²) in [4.78, 5) is 0.